The Balaban J connectivity index is 2.06. The molecule has 5 nitrogen and oxygen atoms in total. The van der Waals surface area contributed by atoms with Crippen molar-refractivity contribution in [2.24, 2.45) is 11.7 Å². The minimum Gasteiger partial charge on any atom is -0.490 e. The highest BCUT2D eigenvalue weighted by Crippen LogP contribution is 2.26. The van der Waals surface area contributed by atoms with Crippen LogP contribution < -0.4 is 10.5 Å². The molecule has 0 aromatic heterocycles. The van der Waals surface area contributed by atoms with Crippen molar-refractivity contribution >= 4 is 17.5 Å². The molecule has 0 bridgehead atoms. The summed E-state index contributed by atoms with van der Waals surface area (Å²) >= 11 is 5.99. The number of hydrogen-bond donors (Lipinski definition) is 1. The van der Waals surface area contributed by atoms with Gasteiger partial charge in [0.05, 0.1) is 13.0 Å². The quantitative estimate of drug-likeness (QED) is 0.779. The topological polar surface area (TPSA) is 64.8 Å². The molecule has 1 aliphatic heterocycles. The zero-order chi connectivity index (χ0) is 17.6. The molecule has 0 spiro atoms. The summed E-state index contributed by atoms with van der Waals surface area (Å²) < 4.78 is 11.8. The molecule has 24 heavy (non-hydrogen) atoms. The van der Waals surface area contributed by atoms with Gasteiger partial charge in [0.2, 0.25) is 5.91 Å². The van der Waals surface area contributed by atoms with E-state index in [9.17, 15) is 4.79 Å². The summed E-state index contributed by atoms with van der Waals surface area (Å²) in [6, 6.07) is 7.21. The lowest BCUT2D eigenvalue weighted by atomic mass is 9.96. The number of morpholine rings is 1. The first-order valence-corrected chi connectivity index (χ1v) is 8.83. The van der Waals surface area contributed by atoms with Crippen LogP contribution in [0.1, 0.15) is 26.7 Å². The van der Waals surface area contributed by atoms with Crippen LogP contribution in [0.4, 0.5) is 0 Å². The van der Waals surface area contributed by atoms with E-state index in [0.717, 1.165) is 19.5 Å². The van der Waals surface area contributed by atoms with E-state index in [1.54, 1.807) is 12.1 Å². The molecule has 1 aromatic carbocycles. The summed E-state index contributed by atoms with van der Waals surface area (Å²) in [5.41, 5.74) is 4.75. The van der Waals surface area contributed by atoms with E-state index < -0.39 is 5.60 Å². The summed E-state index contributed by atoms with van der Waals surface area (Å²) in [4.78, 5) is 13.9. The summed E-state index contributed by atoms with van der Waals surface area (Å²) in [5.74, 6) is 0.882. The van der Waals surface area contributed by atoms with E-state index in [4.69, 9.17) is 26.8 Å². The molecular weight excluding hydrogens is 328 g/mol. The molecule has 1 fully saturated rings. The molecule has 1 heterocycles. The van der Waals surface area contributed by atoms with Gasteiger partial charge in [0.15, 0.2) is 0 Å². The Morgan fingerprint density at radius 2 is 2.33 bits per heavy atom. The molecule has 134 valence electrons. The van der Waals surface area contributed by atoms with Crippen molar-refractivity contribution in [2.75, 3.05) is 32.8 Å². The van der Waals surface area contributed by atoms with Crippen LogP contribution in [0.25, 0.3) is 0 Å². The van der Waals surface area contributed by atoms with E-state index in [1.807, 2.05) is 12.1 Å². The molecule has 0 radical (unpaired) electrons. The van der Waals surface area contributed by atoms with Crippen molar-refractivity contribution in [1.29, 1.82) is 0 Å². The number of nitrogens with two attached hydrogens (primary N) is 1. The third-order valence-corrected chi connectivity index (χ3v) is 4.62. The monoisotopic (exact) mass is 354 g/mol. The van der Waals surface area contributed by atoms with Gasteiger partial charge in [-0.3, -0.25) is 9.69 Å². The Bertz CT molecular complexity index is 555. The SMILES string of the molecule is CCC(C)CN1CCOC(COc2cccc(Cl)c2)(CC(N)=O)C1. The zero-order valence-corrected chi connectivity index (χ0v) is 15.2. The van der Waals surface area contributed by atoms with Gasteiger partial charge in [0, 0.05) is 24.7 Å². The van der Waals surface area contributed by atoms with Crippen LogP contribution in [0.3, 0.4) is 0 Å². The molecule has 2 N–H and O–H groups in total. The van der Waals surface area contributed by atoms with Gasteiger partial charge < -0.3 is 15.2 Å². The number of amides is 1. The maximum atomic E-state index is 11.6. The van der Waals surface area contributed by atoms with Gasteiger partial charge in [-0.1, -0.05) is 37.9 Å². The Hall–Kier alpha value is -1.30. The van der Waals surface area contributed by atoms with Gasteiger partial charge in [0.25, 0.3) is 0 Å². The molecule has 1 aromatic rings. The number of hydrogen-bond acceptors (Lipinski definition) is 4. The lowest BCUT2D eigenvalue weighted by Gasteiger charge is -2.42. The van der Waals surface area contributed by atoms with Crippen LogP contribution in [0.15, 0.2) is 24.3 Å². The van der Waals surface area contributed by atoms with Crippen LogP contribution >= 0.6 is 11.6 Å². The molecule has 6 heteroatoms. The standard InChI is InChI=1S/C18H27ClN2O3/c1-3-14(2)11-21-7-8-24-18(12-21,10-17(20)22)13-23-16-6-4-5-15(19)9-16/h4-6,9,14H,3,7-8,10-13H2,1-2H3,(H2,20,22). The number of nitrogens with zero attached hydrogens (tertiary/aromatic N) is 1. The summed E-state index contributed by atoms with van der Waals surface area (Å²) in [6.45, 7) is 7.74. The lowest BCUT2D eigenvalue weighted by molar-refractivity contribution is -0.148. The summed E-state index contributed by atoms with van der Waals surface area (Å²) in [6.07, 6.45) is 1.27. The minimum atomic E-state index is -0.708. The van der Waals surface area contributed by atoms with Crippen LogP contribution in [0, 0.1) is 5.92 Å². The molecule has 0 saturated carbocycles. The van der Waals surface area contributed by atoms with Gasteiger partial charge in [-0.25, -0.2) is 0 Å². The fourth-order valence-electron chi connectivity index (χ4n) is 2.98. The Morgan fingerprint density at radius 1 is 1.54 bits per heavy atom. The Morgan fingerprint density at radius 3 is 3.00 bits per heavy atom. The maximum Gasteiger partial charge on any atom is 0.220 e. The molecule has 1 aliphatic rings. The molecule has 2 atom stereocenters. The molecule has 1 amide bonds. The van der Waals surface area contributed by atoms with E-state index in [2.05, 4.69) is 18.7 Å². The van der Waals surface area contributed by atoms with Crippen molar-refractivity contribution in [3.05, 3.63) is 29.3 Å². The predicted molar refractivity (Wildman–Crippen MR) is 95.3 cm³/mol. The highest BCUT2D eigenvalue weighted by atomic mass is 35.5. The highest BCUT2D eigenvalue weighted by molar-refractivity contribution is 6.30. The van der Waals surface area contributed by atoms with Gasteiger partial charge in [0.1, 0.15) is 18.0 Å². The van der Waals surface area contributed by atoms with E-state index in [-0.39, 0.29) is 18.9 Å². The van der Waals surface area contributed by atoms with Crippen LogP contribution in [-0.2, 0) is 9.53 Å². The maximum absolute atomic E-state index is 11.6. The number of halogens is 1. The number of primary amides is 1. The average molecular weight is 355 g/mol. The van der Waals surface area contributed by atoms with Crippen molar-refractivity contribution in [3.63, 3.8) is 0 Å². The normalized spacial score (nSPS) is 23.0. The van der Waals surface area contributed by atoms with Crippen molar-refractivity contribution in [1.82, 2.24) is 4.90 Å². The second-order valence-electron chi connectivity index (χ2n) is 6.67. The third kappa shape index (κ3) is 5.65. The molecule has 0 aliphatic carbocycles. The fraction of sp³-hybridized carbons (Fsp3) is 0.611. The fourth-order valence-corrected chi connectivity index (χ4v) is 3.16. The average Bonchev–Trinajstić information content (AvgIpc) is 2.52. The number of benzene rings is 1. The number of ether oxygens (including phenoxy) is 2. The van der Waals surface area contributed by atoms with Crippen LogP contribution in [-0.4, -0.2) is 49.3 Å². The minimum absolute atomic E-state index is 0.143. The number of rotatable bonds is 8. The second-order valence-corrected chi connectivity index (χ2v) is 7.11. The first-order valence-electron chi connectivity index (χ1n) is 8.45. The first-order chi connectivity index (χ1) is 11.4. The highest BCUT2D eigenvalue weighted by Gasteiger charge is 2.39. The van der Waals surface area contributed by atoms with Crippen molar-refractivity contribution in [2.45, 2.75) is 32.3 Å². The number of carbonyl (C=O) groups is 1. The first kappa shape index (κ1) is 19.0. The lowest BCUT2D eigenvalue weighted by Crippen LogP contribution is -2.57. The molecule has 1 saturated heterocycles. The third-order valence-electron chi connectivity index (χ3n) is 4.39. The Labute approximate surface area is 149 Å². The molecule has 2 rings (SSSR count). The van der Waals surface area contributed by atoms with Crippen LogP contribution in [0.5, 0.6) is 5.75 Å². The predicted octanol–water partition coefficient (Wildman–Crippen LogP) is 2.71. The smallest absolute Gasteiger partial charge is 0.220 e. The van der Waals surface area contributed by atoms with E-state index in [0.29, 0.717) is 29.8 Å². The molecular formula is C18H27ClN2O3. The van der Waals surface area contributed by atoms with Gasteiger partial charge in [-0.15, -0.1) is 0 Å². The van der Waals surface area contributed by atoms with Crippen molar-refractivity contribution < 1.29 is 14.3 Å². The molecule has 2 unspecified atom stereocenters. The summed E-state index contributed by atoms with van der Waals surface area (Å²) in [7, 11) is 0. The largest absolute Gasteiger partial charge is 0.490 e. The summed E-state index contributed by atoms with van der Waals surface area (Å²) in [5, 5.41) is 0.611. The van der Waals surface area contributed by atoms with E-state index >= 15 is 0 Å². The van der Waals surface area contributed by atoms with E-state index in [1.165, 1.54) is 0 Å². The van der Waals surface area contributed by atoms with Crippen molar-refractivity contribution in [3.8, 4) is 5.75 Å². The van der Waals surface area contributed by atoms with Crippen LogP contribution in [0.2, 0.25) is 5.02 Å². The van der Waals surface area contributed by atoms with Gasteiger partial charge >= 0.3 is 0 Å². The number of carbonyl (C=O) groups excluding carboxylic acids is 1. The second kappa shape index (κ2) is 8.70. The Kier molecular flexibility index (Phi) is 6.90. The van der Waals surface area contributed by atoms with Gasteiger partial charge in [-0.05, 0) is 24.1 Å². The zero-order valence-electron chi connectivity index (χ0n) is 14.5. The van der Waals surface area contributed by atoms with Gasteiger partial charge in [-0.2, -0.15) is 0 Å².